The summed E-state index contributed by atoms with van der Waals surface area (Å²) in [6.45, 7) is 0.227. The summed E-state index contributed by atoms with van der Waals surface area (Å²) < 4.78 is 25.9. The molecule has 1 aliphatic heterocycles. The van der Waals surface area contributed by atoms with Crippen molar-refractivity contribution in [1.82, 2.24) is 0 Å². The van der Waals surface area contributed by atoms with Gasteiger partial charge in [0, 0.05) is 17.8 Å². The van der Waals surface area contributed by atoms with Crippen LogP contribution < -0.4 is 0 Å². The Morgan fingerprint density at radius 3 is 2.50 bits per heavy atom. The van der Waals surface area contributed by atoms with E-state index in [9.17, 15) is 8.78 Å². The van der Waals surface area contributed by atoms with Crippen LogP contribution >= 0.6 is 0 Å². The first kappa shape index (κ1) is 12.0. The van der Waals surface area contributed by atoms with Gasteiger partial charge in [-0.05, 0) is 24.3 Å². The number of halogens is 2. The second kappa shape index (κ2) is 4.81. The maximum absolute atomic E-state index is 13.0. The van der Waals surface area contributed by atoms with Crippen molar-refractivity contribution in [3.63, 3.8) is 0 Å². The first-order chi connectivity index (χ1) is 8.63. The molecule has 4 heteroatoms. The van der Waals surface area contributed by atoms with E-state index in [-0.39, 0.29) is 12.1 Å². The zero-order chi connectivity index (χ0) is 13.0. The summed E-state index contributed by atoms with van der Waals surface area (Å²) in [7, 11) is 0. The van der Waals surface area contributed by atoms with Crippen LogP contribution in [0.2, 0.25) is 0 Å². The SMILES string of the molecule is N#CC1(C#Cc2cc(F)cc(F)c2)C=CC=NC1. The topological polar surface area (TPSA) is 36.1 Å². The van der Waals surface area contributed by atoms with Gasteiger partial charge in [-0.25, -0.2) is 8.78 Å². The van der Waals surface area contributed by atoms with E-state index in [1.54, 1.807) is 18.4 Å². The molecule has 0 amide bonds. The summed E-state index contributed by atoms with van der Waals surface area (Å²) in [5.41, 5.74) is -0.817. The number of aliphatic imine (C=N–C) groups is 1. The molecule has 2 rings (SSSR count). The molecule has 0 spiro atoms. The van der Waals surface area contributed by atoms with Crippen molar-refractivity contribution >= 4 is 6.21 Å². The molecule has 0 bridgehead atoms. The van der Waals surface area contributed by atoms with Crippen LogP contribution in [0.25, 0.3) is 0 Å². The summed E-state index contributed by atoms with van der Waals surface area (Å²) in [4.78, 5) is 3.96. The van der Waals surface area contributed by atoms with Gasteiger partial charge in [0.05, 0.1) is 12.6 Å². The molecule has 0 saturated heterocycles. The first-order valence-electron chi connectivity index (χ1n) is 5.22. The lowest BCUT2D eigenvalue weighted by Crippen LogP contribution is -2.19. The van der Waals surface area contributed by atoms with Crippen LogP contribution in [0, 0.1) is 40.2 Å². The number of hydrogen-bond donors (Lipinski definition) is 0. The van der Waals surface area contributed by atoms with Gasteiger partial charge < -0.3 is 0 Å². The Balaban J connectivity index is 2.34. The Morgan fingerprint density at radius 1 is 1.22 bits per heavy atom. The minimum Gasteiger partial charge on any atom is -0.290 e. The highest BCUT2D eigenvalue weighted by atomic mass is 19.1. The van der Waals surface area contributed by atoms with Crippen LogP contribution in [0.3, 0.4) is 0 Å². The number of benzene rings is 1. The van der Waals surface area contributed by atoms with Gasteiger partial charge >= 0.3 is 0 Å². The Morgan fingerprint density at radius 2 is 1.94 bits per heavy atom. The fourth-order valence-corrected chi connectivity index (χ4v) is 1.51. The molecular weight excluding hydrogens is 234 g/mol. The normalized spacial score (nSPS) is 20.9. The third-order valence-electron chi connectivity index (χ3n) is 2.40. The zero-order valence-electron chi connectivity index (χ0n) is 9.32. The molecule has 1 heterocycles. The Kier molecular flexibility index (Phi) is 3.21. The molecule has 88 valence electrons. The third-order valence-corrected chi connectivity index (χ3v) is 2.40. The molecule has 2 nitrogen and oxygen atoms in total. The van der Waals surface area contributed by atoms with Crippen molar-refractivity contribution in [3.05, 3.63) is 47.5 Å². The van der Waals surface area contributed by atoms with Gasteiger partial charge in [-0.15, -0.1) is 0 Å². The molecule has 1 aliphatic rings. The molecule has 1 aromatic rings. The van der Waals surface area contributed by atoms with E-state index in [0.717, 1.165) is 18.2 Å². The quantitative estimate of drug-likeness (QED) is 0.644. The van der Waals surface area contributed by atoms with E-state index in [1.807, 2.05) is 0 Å². The largest absolute Gasteiger partial charge is 0.290 e. The lowest BCUT2D eigenvalue weighted by atomic mass is 9.89. The lowest BCUT2D eigenvalue weighted by Gasteiger charge is -2.14. The van der Waals surface area contributed by atoms with Gasteiger partial charge in [0.1, 0.15) is 11.6 Å². The maximum atomic E-state index is 13.0. The van der Waals surface area contributed by atoms with Gasteiger partial charge in [0.15, 0.2) is 5.41 Å². The molecular formula is C14H8F2N2. The Bertz CT molecular complexity index is 609. The van der Waals surface area contributed by atoms with Gasteiger partial charge in [-0.3, -0.25) is 4.99 Å². The summed E-state index contributed by atoms with van der Waals surface area (Å²) in [5, 5.41) is 9.10. The molecule has 18 heavy (non-hydrogen) atoms. The van der Waals surface area contributed by atoms with E-state index in [1.165, 1.54) is 0 Å². The van der Waals surface area contributed by atoms with Crippen molar-refractivity contribution in [2.24, 2.45) is 10.4 Å². The average molecular weight is 242 g/mol. The summed E-state index contributed by atoms with van der Waals surface area (Å²) in [6.07, 6.45) is 4.84. The minimum atomic E-state index is -1.02. The molecule has 1 unspecified atom stereocenters. The van der Waals surface area contributed by atoms with Crippen LogP contribution in [-0.2, 0) is 0 Å². The predicted molar refractivity (Wildman–Crippen MR) is 63.8 cm³/mol. The summed E-state index contributed by atoms with van der Waals surface area (Å²) in [6, 6.07) is 5.07. The third kappa shape index (κ3) is 2.61. The van der Waals surface area contributed by atoms with Crippen molar-refractivity contribution in [2.75, 3.05) is 6.54 Å². The molecule has 0 radical (unpaired) electrons. The van der Waals surface area contributed by atoms with Crippen LogP contribution in [0.15, 0.2) is 35.3 Å². The smallest absolute Gasteiger partial charge is 0.156 e. The van der Waals surface area contributed by atoms with Crippen LogP contribution in [-0.4, -0.2) is 12.8 Å². The molecule has 1 aromatic carbocycles. The number of allylic oxidation sites excluding steroid dienone is 1. The van der Waals surface area contributed by atoms with Crippen molar-refractivity contribution in [2.45, 2.75) is 0 Å². The second-order valence-corrected chi connectivity index (χ2v) is 3.84. The van der Waals surface area contributed by atoms with Crippen LogP contribution in [0.4, 0.5) is 8.78 Å². The predicted octanol–water partition coefficient (Wildman–Crippen LogP) is 2.47. The van der Waals surface area contributed by atoms with Gasteiger partial charge in [0.25, 0.3) is 0 Å². The molecule has 0 N–H and O–H groups in total. The molecule has 0 fully saturated rings. The number of hydrogen-bond acceptors (Lipinski definition) is 2. The van der Waals surface area contributed by atoms with Crippen molar-refractivity contribution in [3.8, 4) is 17.9 Å². The zero-order valence-corrected chi connectivity index (χ0v) is 9.32. The van der Waals surface area contributed by atoms with Crippen molar-refractivity contribution in [1.29, 1.82) is 5.26 Å². The molecule has 1 atom stereocenters. The number of dihydropyridines is 1. The highest BCUT2D eigenvalue weighted by Gasteiger charge is 2.25. The van der Waals surface area contributed by atoms with Gasteiger partial charge in [-0.2, -0.15) is 5.26 Å². The second-order valence-electron chi connectivity index (χ2n) is 3.84. The maximum Gasteiger partial charge on any atom is 0.156 e. The first-order valence-corrected chi connectivity index (χ1v) is 5.22. The lowest BCUT2D eigenvalue weighted by molar-refractivity contribution is 0.582. The number of nitriles is 1. The van der Waals surface area contributed by atoms with E-state index in [4.69, 9.17) is 5.26 Å². The average Bonchev–Trinajstić information content (AvgIpc) is 2.36. The van der Waals surface area contributed by atoms with E-state index >= 15 is 0 Å². The fourth-order valence-electron chi connectivity index (χ4n) is 1.51. The van der Waals surface area contributed by atoms with Crippen LogP contribution in [0.5, 0.6) is 0 Å². The van der Waals surface area contributed by atoms with E-state index < -0.39 is 17.0 Å². The molecule has 0 aromatic heterocycles. The van der Waals surface area contributed by atoms with E-state index in [0.29, 0.717) is 0 Å². The monoisotopic (exact) mass is 242 g/mol. The van der Waals surface area contributed by atoms with Gasteiger partial charge in [-0.1, -0.05) is 11.8 Å². The van der Waals surface area contributed by atoms with Gasteiger partial charge in [0.2, 0.25) is 0 Å². The number of nitrogens with zero attached hydrogens (tertiary/aromatic N) is 2. The molecule has 0 saturated carbocycles. The number of rotatable bonds is 0. The van der Waals surface area contributed by atoms with E-state index in [2.05, 4.69) is 22.9 Å². The molecule has 0 aliphatic carbocycles. The van der Waals surface area contributed by atoms with Crippen molar-refractivity contribution < 1.29 is 8.78 Å². The highest BCUT2D eigenvalue weighted by molar-refractivity contribution is 5.73. The summed E-state index contributed by atoms with van der Waals surface area (Å²) >= 11 is 0. The Hall–Kier alpha value is -2.46. The standard InChI is InChI=1S/C14H8F2N2/c15-12-6-11(7-13(16)8-12)2-4-14(9-17)3-1-5-18-10-14/h1,3,5-8H,10H2. The Labute approximate surface area is 103 Å². The van der Waals surface area contributed by atoms with Crippen LogP contribution in [0.1, 0.15) is 5.56 Å². The highest BCUT2D eigenvalue weighted by Crippen LogP contribution is 2.20. The summed E-state index contributed by atoms with van der Waals surface area (Å²) in [5.74, 6) is 3.94. The fraction of sp³-hybridized carbons (Fsp3) is 0.143. The minimum absolute atomic E-state index is 0.199.